The van der Waals surface area contributed by atoms with Crippen molar-refractivity contribution in [3.05, 3.63) is 59.7 Å². The lowest BCUT2D eigenvalue weighted by Crippen LogP contribution is -2.48. The van der Waals surface area contributed by atoms with Gasteiger partial charge in [0.2, 0.25) is 21.8 Å². The van der Waals surface area contributed by atoms with Crippen LogP contribution >= 0.6 is 0 Å². The van der Waals surface area contributed by atoms with E-state index in [2.05, 4.69) is 10.0 Å². The smallest absolute Gasteiger partial charge is 0.332 e. The Bertz CT molecular complexity index is 1160. The van der Waals surface area contributed by atoms with E-state index in [1.807, 2.05) is 0 Å². The predicted molar refractivity (Wildman–Crippen MR) is 120 cm³/mol. The number of alkyl halides is 3. The van der Waals surface area contributed by atoms with Crippen molar-refractivity contribution < 1.29 is 31.2 Å². The van der Waals surface area contributed by atoms with Crippen molar-refractivity contribution in [2.75, 3.05) is 5.32 Å². The Morgan fingerprint density at radius 1 is 1.06 bits per heavy atom. The summed E-state index contributed by atoms with van der Waals surface area (Å²) in [5.41, 5.74) is -0.0689. The molecular weight excluding hydrogens is 471 g/mol. The monoisotopic (exact) mass is 497 g/mol. The molecule has 0 aliphatic heterocycles. The van der Waals surface area contributed by atoms with Crippen LogP contribution in [0.4, 0.5) is 18.9 Å². The van der Waals surface area contributed by atoms with E-state index in [9.17, 15) is 31.2 Å². The van der Waals surface area contributed by atoms with Gasteiger partial charge in [-0.15, -0.1) is 0 Å². The highest BCUT2D eigenvalue weighted by atomic mass is 32.2. The zero-order valence-electron chi connectivity index (χ0n) is 18.9. The molecule has 2 N–H and O–H groups in total. The molecule has 184 valence electrons. The number of carbonyl (C=O) groups excluding carboxylic acids is 2. The number of rotatable bonds is 8. The molecule has 0 aromatic heterocycles. The summed E-state index contributed by atoms with van der Waals surface area (Å²) in [7, 11) is -4.06. The fourth-order valence-electron chi connectivity index (χ4n) is 3.67. The summed E-state index contributed by atoms with van der Waals surface area (Å²) in [6.45, 7) is 4.36. The number of halogens is 3. The van der Waals surface area contributed by atoms with Crippen LogP contribution in [0.1, 0.15) is 50.8 Å². The zero-order chi connectivity index (χ0) is 25.3. The third-order valence-corrected chi connectivity index (χ3v) is 7.05. The molecule has 1 unspecified atom stereocenters. The fraction of sp³-hybridized carbons (Fsp3) is 0.391. The van der Waals surface area contributed by atoms with Crippen molar-refractivity contribution in [2.24, 2.45) is 0 Å². The van der Waals surface area contributed by atoms with E-state index in [1.54, 1.807) is 6.92 Å². The largest absolute Gasteiger partial charge is 0.416 e. The highest BCUT2D eigenvalue weighted by Gasteiger charge is 2.39. The number of anilines is 1. The van der Waals surface area contributed by atoms with Crippen molar-refractivity contribution in [1.82, 2.24) is 9.62 Å². The molecule has 2 aromatic rings. The molecule has 2 atom stereocenters. The van der Waals surface area contributed by atoms with Gasteiger partial charge >= 0.3 is 6.18 Å². The molecule has 0 heterocycles. The van der Waals surface area contributed by atoms with Crippen LogP contribution in [0.15, 0.2) is 53.4 Å². The first-order valence-electron chi connectivity index (χ1n) is 10.7. The minimum atomic E-state index is -4.51. The van der Waals surface area contributed by atoms with Crippen LogP contribution < -0.4 is 10.0 Å². The molecule has 1 aliphatic carbocycles. The Labute approximate surface area is 196 Å². The maximum absolute atomic E-state index is 13.2. The second-order valence-corrected chi connectivity index (χ2v) is 10.0. The summed E-state index contributed by atoms with van der Waals surface area (Å²) >= 11 is 0. The van der Waals surface area contributed by atoms with Crippen molar-refractivity contribution in [3.8, 4) is 0 Å². The van der Waals surface area contributed by atoms with E-state index < -0.39 is 39.8 Å². The van der Waals surface area contributed by atoms with Crippen LogP contribution in [0, 0.1) is 0 Å². The second-order valence-electron chi connectivity index (χ2n) is 8.32. The van der Waals surface area contributed by atoms with Gasteiger partial charge in [0.15, 0.2) is 0 Å². The average Bonchev–Trinajstić information content (AvgIpc) is 3.58. The van der Waals surface area contributed by atoms with E-state index in [1.165, 1.54) is 55.1 Å². The maximum atomic E-state index is 13.2. The van der Waals surface area contributed by atoms with Crippen LogP contribution in [0.2, 0.25) is 0 Å². The molecule has 0 saturated heterocycles. The van der Waals surface area contributed by atoms with Gasteiger partial charge in [-0.1, -0.05) is 12.1 Å². The van der Waals surface area contributed by atoms with Gasteiger partial charge in [0, 0.05) is 18.7 Å². The number of carbonyl (C=O) groups is 2. The molecule has 7 nitrogen and oxygen atoms in total. The number of hydrogen-bond acceptors (Lipinski definition) is 4. The number of hydrogen-bond donors (Lipinski definition) is 2. The molecule has 3 rings (SSSR count). The van der Waals surface area contributed by atoms with Crippen molar-refractivity contribution >= 4 is 27.5 Å². The summed E-state index contributed by atoms with van der Waals surface area (Å²) in [4.78, 5) is 25.7. The molecule has 2 amide bonds. The van der Waals surface area contributed by atoms with Gasteiger partial charge in [0.1, 0.15) is 0 Å². The van der Waals surface area contributed by atoms with Crippen LogP contribution in [0.25, 0.3) is 0 Å². The summed E-state index contributed by atoms with van der Waals surface area (Å²) in [5.74, 6) is -0.825. The van der Waals surface area contributed by atoms with Gasteiger partial charge in [0.25, 0.3) is 0 Å². The summed E-state index contributed by atoms with van der Waals surface area (Å²) < 4.78 is 67.4. The molecule has 0 bridgehead atoms. The van der Waals surface area contributed by atoms with Crippen molar-refractivity contribution in [1.29, 1.82) is 0 Å². The molecule has 1 aliphatic rings. The molecule has 1 fully saturated rings. The van der Waals surface area contributed by atoms with E-state index in [0.717, 1.165) is 12.1 Å². The molecule has 2 aromatic carbocycles. The highest BCUT2D eigenvalue weighted by Crippen LogP contribution is 2.37. The molecule has 0 radical (unpaired) electrons. The lowest BCUT2D eigenvalue weighted by atomic mass is 10.0. The number of nitrogens with zero attached hydrogens (tertiary/aromatic N) is 1. The molecule has 34 heavy (non-hydrogen) atoms. The quantitative estimate of drug-likeness (QED) is 0.575. The number of amides is 2. The summed E-state index contributed by atoms with van der Waals surface area (Å²) in [6, 6.07) is 8.26. The van der Waals surface area contributed by atoms with E-state index >= 15 is 0 Å². The molecule has 11 heteroatoms. The van der Waals surface area contributed by atoms with Gasteiger partial charge in [-0.3, -0.25) is 9.59 Å². The SMILES string of the molecule is CC(=O)Nc1ccc(S(=O)(=O)N[C@@H](C)C(=O)N(C2CC2)C(C)c2cccc(C(F)(F)F)c2)cc1. The van der Waals surface area contributed by atoms with Crippen LogP contribution in [-0.2, 0) is 25.8 Å². The summed E-state index contributed by atoms with van der Waals surface area (Å²) in [5, 5.41) is 2.53. The first kappa shape index (κ1) is 25.7. The first-order chi connectivity index (χ1) is 15.8. The number of nitrogens with one attached hydrogen (secondary N) is 2. The van der Waals surface area contributed by atoms with E-state index in [-0.39, 0.29) is 16.8 Å². The van der Waals surface area contributed by atoms with Crippen LogP contribution in [-0.4, -0.2) is 37.2 Å². The average molecular weight is 498 g/mol. The third kappa shape index (κ3) is 6.15. The highest BCUT2D eigenvalue weighted by molar-refractivity contribution is 7.89. The van der Waals surface area contributed by atoms with Gasteiger partial charge in [0.05, 0.1) is 22.5 Å². The standard InChI is InChI=1S/C23H26F3N3O4S/c1-14(28-34(32,33)21-11-7-19(8-12-21)27-16(3)30)22(31)29(20-9-10-20)15(2)17-5-4-6-18(13-17)23(24,25)26/h4-8,11-15,20,28H,9-10H2,1-3H3,(H,27,30)/t14-,15?/m0/s1. The summed E-state index contributed by atoms with van der Waals surface area (Å²) in [6.07, 6.45) is -3.12. The Kier molecular flexibility index (Phi) is 7.37. The minimum absolute atomic E-state index is 0.0925. The van der Waals surface area contributed by atoms with Crippen LogP contribution in [0.5, 0.6) is 0 Å². The topological polar surface area (TPSA) is 95.6 Å². The lowest BCUT2D eigenvalue weighted by molar-refractivity contribution is -0.137. The Hall–Kier alpha value is -2.92. The van der Waals surface area contributed by atoms with Gasteiger partial charge in [-0.2, -0.15) is 17.9 Å². The second kappa shape index (κ2) is 9.75. The Balaban J connectivity index is 1.77. The fourth-order valence-corrected chi connectivity index (χ4v) is 4.87. The number of sulfonamides is 1. The maximum Gasteiger partial charge on any atom is 0.416 e. The third-order valence-electron chi connectivity index (χ3n) is 5.50. The number of benzene rings is 2. The molecular formula is C23H26F3N3O4S. The Morgan fingerprint density at radius 2 is 1.68 bits per heavy atom. The normalized spacial score (nSPS) is 15.9. The van der Waals surface area contributed by atoms with Gasteiger partial charge in [-0.25, -0.2) is 8.42 Å². The van der Waals surface area contributed by atoms with Gasteiger partial charge < -0.3 is 10.2 Å². The predicted octanol–water partition coefficient (Wildman–Crippen LogP) is 4.08. The molecule has 1 saturated carbocycles. The van der Waals surface area contributed by atoms with Gasteiger partial charge in [-0.05, 0) is 68.7 Å². The lowest BCUT2D eigenvalue weighted by Gasteiger charge is -2.32. The van der Waals surface area contributed by atoms with Crippen molar-refractivity contribution in [3.63, 3.8) is 0 Å². The van der Waals surface area contributed by atoms with Crippen LogP contribution in [0.3, 0.4) is 0 Å². The Morgan fingerprint density at radius 3 is 2.21 bits per heavy atom. The van der Waals surface area contributed by atoms with E-state index in [4.69, 9.17) is 0 Å². The molecule has 0 spiro atoms. The minimum Gasteiger partial charge on any atom is -0.332 e. The van der Waals surface area contributed by atoms with Crippen molar-refractivity contribution in [2.45, 2.75) is 62.8 Å². The van der Waals surface area contributed by atoms with E-state index in [0.29, 0.717) is 24.1 Å². The zero-order valence-corrected chi connectivity index (χ0v) is 19.7. The first-order valence-corrected chi connectivity index (χ1v) is 12.2.